The molecule has 0 aliphatic rings. The molecule has 0 bridgehead atoms. The third-order valence-electron chi connectivity index (χ3n) is 4.98. The molecule has 0 atom stereocenters. The SMILES string of the molecule is [C-]#[N+]C([N+]#[C-])c1nc(-c2ccc(C(F)(F)F)nc2)c(-c2oc(C(C#N)C#N)nc2-c2ccc(C)nc2)o1. The molecule has 13 heteroatoms. The van der Waals surface area contributed by atoms with Gasteiger partial charge in [-0.3, -0.25) is 9.97 Å². The van der Waals surface area contributed by atoms with Crippen molar-refractivity contribution in [3.8, 4) is 46.2 Å². The molecule has 0 fully saturated rings. The van der Waals surface area contributed by atoms with Gasteiger partial charge in [0.1, 0.15) is 17.1 Å². The number of oxazole rings is 2. The minimum absolute atomic E-state index is 0.0646. The van der Waals surface area contributed by atoms with Crippen LogP contribution in [0.1, 0.15) is 35.3 Å². The fourth-order valence-corrected chi connectivity index (χ4v) is 3.19. The summed E-state index contributed by atoms with van der Waals surface area (Å²) in [5.74, 6) is -2.30. The zero-order chi connectivity index (χ0) is 26.7. The molecule has 4 aromatic heterocycles. The van der Waals surface area contributed by atoms with E-state index in [1.165, 1.54) is 6.20 Å². The normalized spacial score (nSPS) is 11.1. The number of alkyl halides is 3. The molecule has 4 heterocycles. The van der Waals surface area contributed by atoms with Gasteiger partial charge in [0.25, 0.3) is 0 Å². The van der Waals surface area contributed by atoms with Crippen molar-refractivity contribution in [1.82, 2.24) is 19.9 Å². The summed E-state index contributed by atoms with van der Waals surface area (Å²) in [6.45, 7) is 16.3. The average Bonchev–Trinajstić information content (AvgIpc) is 3.51. The van der Waals surface area contributed by atoms with Crippen LogP contribution in [0.3, 0.4) is 0 Å². The van der Waals surface area contributed by atoms with Gasteiger partial charge >= 0.3 is 18.2 Å². The van der Waals surface area contributed by atoms with Crippen LogP contribution in [0.4, 0.5) is 13.2 Å². The zero-order valence-electron chi connectivity index (χ0n) is 18.6. The van der Waals surface area contributed by atoms with Gasteiger partial charge in [0, 0.05) is 29.2 Å². The maximum atomic E-state index is 13.0. The first kappa shape index (κ1) is 24.6. The first-order valence-corrected chi connectivity index (χ1v) is 10.2. The molecular weight excluding hydrogens is 489 g/mol. The lowest BCUT2D eigenvalue weighted by molar-refractivity contribution is -0.141. The molecule has 0 aliphatic carbocycles. The molecule has 0 spiro atoms. The van der Waals surface area contributed by atoms with Crippen molar-refractivity contribution in [3.63, 3.8) is 0 Å². The fourth-order valence-electron chi connectivity index (χ4n) is 3.19. The molecule has 0 radical (unpaired) electrons. The number of hydrogen-bond donors (Lipinski definition) is 0. The van der Waals surface area contributed by atoms with Gasteiger partial charge in [-0.05, 0) is 31.2 Å². The van der Waals surface area contributed by atoms with Gasteiger partial charge in [0.05, 0.1) is 12.1 Å². The second-order valence-electron chi connectivity index (χ2n) is 7.40. The van der Waals surface area contributed by atoms with Crippen molar-refractivity contribution in [2.45, 2.75) is 25.2 Å². The van der Waals surface area contributed by atoms with Crippen molar-refractivity contribution in [2.24, 2.45) is 0 Å². The molecule has 0 amide bonds. The Morgan fingerprint density at radius 1 is 0.865 bits per heavy atom. The Balaban J connectivity index is 1.99. The molecule has 180 valence electrons. The topological polar surface area (TPSA) is 134 Å². The number of pyridine rings is 2. The van der Waals surface area contributed by atoms with Crippen LogP contribution in [0.5, 0.6) is 0 Å². The highest BCUT2D eigenvalue weighted by molar-refractivity contribution is 5.82. The molecule has 4 aromatic rings. The predicted octanol–water partition coefficient (Wildman–Crippen LogP) is 5.75. The van der Waals surface area contributed by atoms with E-state index in [1.54, 1.807) is 31.2 Å². The molecule has 0 saturated carbocycles. The van der Waals surface area contributed by atoms with Gasteiger partial charge in [0.15, 0.2) is 5.76 Å². The molecule has 37 heavy (non-hydrogen) atoms. The highest BCUT2D eigenvalue weighted by Gasteiger charge is 2.36. The molecular formula is C24H11F3N8O2. The first-order valence-electron chi connectivity index (χ1n) is 10.2. The smallest absolute Gasteiger partial charge is 0.434 e. The number of rotatable bonds is 5. The van der Waals surface area contributed by atoms with Crippen molar-refractivity contribution in [3.05, 3.63) is 82.7 Å². The monoisotopic (exact) mass is 500 g/mol. The summed E-state index contributed by atoms with van der Waals surface area (Å²) in [4.78, 5) is 22.4. The van der Waals surface area contributed by atoms with E-state index in [0.717, 1.165) is 18.3 Å². The van der Waals surface area contributed by atoms with E-state index in [2.05, 4.69) is 29.6 Å². The molecule has 0 aliphatic heterocycles. The number of hydrogen-bond acceptors (Lipinski definition) is 8. The molecule has 0 N–H and O–H groups in total. The van der Waals surface area contributed by atoms with Crippen LogP contribution in [0.2, 0.25) is 0 Å². The summed E-state index contributed by atoms with van der Waals surface area (Å²) in [5, 5.41) is 18.7. The number of nitriles is 2. The largest absolute Gasteiger partial charge is 0.553 e. The predicted molar refractivity (Wildman–Crippen MR) is 118 cm³/mol. The quantitative estimate of drug-likeness (QED) is 0.316. The second kappa shape index (κ2) is 9.61. The summed E-state index contributed by atoms with van der Waals surface area (Å²) in [6, 6.07) is 8.68. The minimum atomic E-state index is -4.68. The van der Waals surface area contributed by atoms with Crippen LogP contribution in [0.15, 0.2) is 45.5 Å². The number of halogens is 3. The van der Waals surface area contributed by atoms with Crippen LogP contribution >= 0.6 is 0 Å². The average molecular weight is 500 g/mol. The Labute approximate surface area is 206 Å². The maximum absolute atomic E-state index is 13.0. The van der Waals surface area contributed by atoms with E-state index in [0.29, 0.717) is 11.3 Å². The molecule has 0 unspecified atom stereocenters. The second-order valence-corrected chi connectivity index (χ2v) is 7.40. The standard InChI is InChI=1S/C24H11F3N8O2/c1-12-4-5-13(10-32-12)17-19(36-22(34-17)15(8-28)9-29)20-18(35-23(37-20)21(30-2)31-3)14-6-7-16(33-11-14)24(25,26)27/h4-7,10-11,15,21H,1H3. The van der Waals surface area contributed by atoms with E-state index in [1.807, 2.05) is 0 Å². The van der Waals surface area contributed by atoms with Gasteiger partial charge in [-0.25, -0.2) is 27.8 Å². The lowest BCUT2D eigenvalue weighted by atomic mass is 10.1. The number of aryl methyl sites for hydroxylation is 1. The Hall–Kier alpha value is -5.53. The van der Waals surface area contributed by atoms with Crippen LogP contribution in [0.25, 0.3) is 43.7 Å². The Kier molecular flexibility index (Phi) is 6.39. The summed E-state index contributed by atoms with van der Waals surface area (Å²) in [5.41, 5.74) is 0.0469. The van der Waals surface area contributed by atoms with E-state index < -0.39 is 24.0 Å². The van der Waals surface area contributed by atoms with Gasteiger partial charge < -0.3 is 8.83 Å². The Morgan fingerprint density at radius 3 is 1.86 bits per heavy atom. The van der Waals surface area contributed by atoms with Crippen LogP contribution < -0.4 is 0 Å². The van der Waals surface area contributed by atoms with E-state index in [4.69, 9.17) is 22.0 Å². The lowest BCUT2D eigenvalue weighted by Crippen LogP contribution is -2.07. The molecule has 0 saturated heterocycles. The zero-order valence-corrected chi connectivity index (χ0v) is 18.6. The molecule has 0 aromatic carbocycles. The van der Waals surface area contributed by atoms with E-state index in [-0.39, 0.29) is 40.3 Å². The maximum Gasteiger partial charge on any atom is 0.553 e. The van der Waals surface area contributed by atoms with Crippen molar-refractivity contribution >= 4 is 0 Å². The van der Waals surface area contributed by atoms with E-state index >= 15 is 0 Å². The van der Waals surface area contributed by atoms with Crippen LogP contribution in [0, 0.1) is 42.7 Å². The number of nitrogens with zero attached hydrogens (tertiary/aromatic N) is 8. The van der Waals surface area contributed by atoms with Crippen molar-refractivity contribution < 1.29 is 22.0 Å². The van der Waals surface area contributed by atoms with Crippen molar-refractivity contribution in [2.75, 3.05) is 0 Å². The summed E-state index contributed by atoms with van der Waals surface area (Å²) in [7, 11) is 0. The highest BCUT2D eigenvalue weighted by Crippen LogP contribution is 2.41. The lowest BCUT2D eigenvalue weighted by Gasteiger charge is -2.06. The van der Waals surface area contributed by atoms with Crippen LogP contribution in [-0.4, -0.2) is 19.9 Å². The highest BCUT2D eigenvalue weighted by atomic mass is 19.4. The van der Waals surface area contributed by atoms with Gasteiger partial charge in [-0.1, -0.05) is 0 Å². The van der Waals surface area contributed by atoms with E-state index in [9.17, 15) is 23.7 Å². The summed E-state index contributed by atoms with van der Waals surface area (Å²) < 4.78 is 50.6. The molecule has 4 rings (SSSR count). The van der Waals surface area contributed by atoms with Crippen LogP contribution in [-0.2, 0) is 6.18 Å². The Morgan fingerprint density at radius 2 is 1.41 bits per heavy atom. The fraction of sp³-hybridized carbons (Fsp3) is 0.167. The third kappa shape index (κ3) is 4.70. The van der Waals surface area contributed by atoms with Gasteiger partial charge in [0.2, 0.25) is 17.6 Å². The molecule has 10 nitrogen and oxygen atoms in total. The minimum Gasteiger partial charge on any atom is -0.434 e. The van der Waals surface area contributed by atoms with Gasteiger partial charge in [-0.15, -0.1) is 0 Å². The third-order valence-corrected chi connectivity index (χ3v) is 4.98. The summed E-state index contributed by atoms with van der Waals surface area (Å²) in [6.07, 6.45) is -3.78. The summed E-state index contributed by atoms with van der Waals surface area (Å²) >= 11 is 0. The number of aromatic nitrogens is 4. The van der Waals surface area contributed by atoms with Gasteiger partial charge in [-0.2, -0.15) is 28.7 Å². The first-order chi connectivity index (χ1) is 17.7. The van der Waals surface area contributed by atoms with Crippen molar-refractivity contribution in [1.29, 1.82) is 10.5 Å². The Bertz CT molecular complexity index is 1600.